The molecular formula is C16H29N3O. The highest BCUT2D eigenvalue weighted by atomic mass is 16.2. The van der Waals surface area contributed by atoms with Crippen molar-refractivity contribution in [3.05, 3.63) is 0 Å². The van der Waals surface area contributed by atoms with E-state index in [9.17, 15) is 4.79 Å². The summed E-state index contributed by atoms with van der Waals surface area (Å²) in [6.45, 7) is 11.0. The molecule has 1 amide bonds. The number of carbonyl (C=O) groups is 1. The van der Waals surface area contributed by atoms with Crippen molar-refractivity contribution in [2.24, 2.45) is 23.0 Å². The van der Waals surface area contributed by atoms with Gasteiger partial charge in [-0.05, 0) is 38.0 Å². The molecule has 4 nitrogen and oxygen atoms in total. The molecule has 0 saturated heterocycles. The maximum Gasteiger partial charge on any atom is 0.226 e. The molecule has 1 saturated carbocycles. The van der Waals surface area contributed by atoms with Crippen molar-refractivity contribution in [2.75, 3.05) is 6.54 Å². The third-order valence-electron chi connectivity index (χ3n) is 5.17. The molecule has 0 aromatic carbocycles. The molecule has 1 rings (SSSR count). The van der Waals surface area contributed by atoms with Crippen LogP contribution in [-0.4, -0.2) is 29.4 Å². The van der Waals surface area contributed by atoms with Crippen molar-refractivity contribution >= 4 is 5.91 Å². The molecule has 114 valence electrons. The largest absolute Gasteiger partial charge is 0.339 e. The van der Waals surface area contributed by atoms with Crippen LogP contribution in [0.15, 0.2) is 0 Å². The highest BCUT2D eigenvalue weighted by molar-refractivity contribution is 5.80. The lowest BCUT2D eigenvalue weighted by Gasteiger charge is -2.47. The fraction of sp³-hybridized carbons (Fsp3) is 0.875. The highest BCUT2D eigenvalue weighted by Gasteiger charge is 2.46. The molecule has 0 heterocycles. The second kappa shape index (κ2) is 6.58. The lowest BCUT2D eigenvalue weighted by atomic mass is 9.60. The number of hydrogen-bond donors (Lipinski definition) is 1. The van der Waals surface area contributed by atoms with Crippen molar-refractivity contribution in [1.29, 1.82) is 5.26 Å². The summed E-state index contributed by atoms with van der Waals surface area (Å²) >= 11 is 0. The number of rotatable bonds is 4. The van der Waals surface area contributed by atoms with Gasteiger partial charge in [-0.1, -0.05) is 20.8 Å². The summed E-state index contributed by atoms with van der Waals surface area (Å²) in [4.78, 5) is 14.7. The van der Waals surface area contributed by atoms with Gasteiger partial charge in [0.15, 0.2) is 0 Å². The van der Waals surface area contributed by atoms with Crippen LogP contribution in [0.3, 0.4) is 0 Å². The molecule has 0 radical (unpaired) electrons. The summed E-state index contributed by atoms with van der Waals surface area (Å²) in [5.74, 6) is 0.535. The molecule has 0 bridgehead atoms. The van der Waals surface area contributed by atoms with Crippen LogP contribution in [0.1, 0.15) is 53.9 Å². The van der Waals surface area contributed by atoms with Gasteiger partial charge in [-0.25, -0.2) is 0 Å². The normalized spacial score (nSPS) is 29.0. The standard InChI is InChI=1S/C16H29N3O/c1-11(2)19(10-6-9-17)15(20)13-7-8-14(18)12(3)16(13,4)5/h11-14H,6-8,10,18H2,1-5H3. The minimum atomic E-state index is -0.0888. The topological polar surface area (TPSA) is 70.1 Å². The van der Waals surface area contributed by atoms with Gasteiger partial charge in [-0.2, -0.15) is 5.26 Å². The minimum absolute atomic E-state index is 0.0124. The Hall–Kier alpha value is -1.08. The molecule has 1 fully saturated rings. The Morgan fingerprint density at radius 3 is 2.55 bits per heavy atom. The van der Waals surface area contributed by atoms with E-state index in [0.29, 0.717) is 18.9 Å². The van der Waals surface area contributed by atoms with Crippen molar-refractivity contribution in [3.63, 3.8) is 0 Å². The quantitative estimate of drug-likeness (QED) is 0.859. The van der Waals surface area contributed by atoms with E-state index in [0.717, 1.165) is 12.8 Å². The van der Waals surface area contributed by atoms with Crippen LogP contribution in [0, 0.1) is 28.6 Å². The monoisotopic (exact) mass is 279 g/mol. The van der Waals surface area contributed by atoms with Gasteiger partial charge in [-0.3, -0.25) is 4.79 Å². The van der Waals surface area contributed by atoms with Crippen molar-refractivity contribution in [2.45, 2.75) is 66.0 Å². The van der Waals surface area contributed by atoms with E-state index < -0.39 is 0 Å². The zero-order valence-corrected chi connectivity index (χ0v) is 13.5. The van der Waals surface area contributed by atoms with Gasteiger partial charge in [0.25, 0.3) is 0 Å². The Kier molecular flexibility index (Phi) is 5.59. The van der Waals surface area contributed by atoms with E-state index >= 15 is 0 Å². The summed E-state index contributed by atoms with van der Waals surface area (Å²) in [6, 6.07) is 2.45. The number of amides is 1. The Bertz CT molecular complexity index is 384. The van der Waals surface area contributed by atoms with Gasteiger partial charge in [0.05, 0.1) is 12.5 Å². The van der Waals surface area contributed by atoms with Gasteiger partial charge in [-0.15, -0.1) is 0 Å². The smallest absolute Gasteiger partial charge is 0.226 e. The lowest BCUT2D eigenvalue weighted by molar-refractivity contribution is -0.145. The van der Waals surface area contributed by atoms with Crippen molar-refractivity contribution in [3.8, 4) is 6.07 Å². The van der Waals surface area contributed by atoms with E-state index in [-0.39, 0.29) is 29.3 Å². The highest BCUT2D eigenvalue weighted by Crippen LogP contribution is 2.45. The SMILES string of the molecule is CC(C)N(CCC#N)C(=O)C1CCC(N)C(C)C1(C)C. The molecule has 20 heavy (non-hydrogen) atoms. The van der Waals surface area contributed by atoms with Crippen LogP contribution in [0.25, 0.3) is 0 Å². The van der Waals surface area contributed by atoms with E-state index in [1.807, 2.05) is 18.7 Å². The van der Waals surface area contributed by atoms with Crippen LogP contribution in [0.5, 0.6) is 0 Å². The predicted octanol–water partition coefficient (Wildman–Crippen LogP) is 2.54. The zero-order chi connectivity index (χ0) is 15.5. The van der Waals surface area contributed by atoms with Crippen molar-refractivity contribution < 1.29 is 4.79 Å². The van der Waals surface area contributed by atoms with Crippen molar-refractivity contribution in [1.82, 2.24) is 4.90 Å². The van der Waals surface area contributed by atoms with Crippen LogP contribution in [-0.2, 0) is 4.79 Å². The van der Waals surface area contributed by atoms with Crippen LogP contribution in [0.2, 0.25) is 0 Å². The summed E-state index contributed by atoms with van der Waals surface area (Å²) in [6.07, 6.45) is 2.16. The Balaban J connectivity index is 2.91. The van der Waals surface area contributed by atoms with Gasteiger partial charge < -0.3 is 10.6 Å². The first-order chi connectivity index (χ1) is 9.23. The van der Waals surface area contributed by atoms with Gasteiger partial charge in [0.1, 0.15) is 0 Å². The fourth-order valence-electron chi connectivity index (χ4n) is 3.29. The van der Waals surface area contributed by atoms with E-state index in [4.69, 9.17) is 11.0 Å². The number of nitriles is 1. The number of nitrogens with two attached hydrogens (primary N) is 1. The van der Waals surface area contributed by atoms with Gasteiger partial charge >= 0.3 is 0 Å². The summed E-state index contributed by atoms with van der Waals surface area (Å²) < 4.78 is 0. The van der Waals surface area contributed by atoms with E-state index in [2.05, 4.69) is 26.8 Å². The Morgan fingerprint density at radius 2 is 2.05 bits per heavy atom. The first-order valence-corrected chi connectivity index (χ1v) is 7.66. The average Bonchev–Trinajstić information content (AvgIpc) is 2.36. The molecule has 0 aromatic rings. The summed E-state index contributed by atoms with van der Waals surface area (Å²) in [7, 11) is 0. The lowest BCUT2D eigenvalue weighted by Crippen LogP contribution is -2.53. The molecular weight excluding hydrogens is 250 g/mol. The Morgan fingerprint density at radius 1 is 1.45 bits per heavy atom. The molecule has 3 atom stereocenters. The van der Waals surface area contributed by atoms with E-state index in [1.54, 1.807) is 0 Å². The zero-order valence-electron chi connectivity index (χ0n) is 13.5. The third kappa shape index (κ3) is 3.32. The first kappa shape index (κ1) is 17.0. The molecule has 0 aliphatic heterocycles. The first-order valence-electron chi connectivity index (χ1n) is 7.66. The second-order valence-electron chi connectivity index (χ2n) is 6.94. The molecule has 4 heteroatoms. The minimum Gasteiger partial charge on any atom is -0.339 e. The second-order valence-corrected chi connectivity index (χ2v) is 6.94. The molecule has 1 aliphatic rings. The molecule has 3 unspecified atom stereocenters. The van der Waals surface area contributed by atoms with Crippen LogP contribution in [0.4, 0.5) is 0 Å². The molecule has 1 aliphatic carbocycles. The molecule has 0 aromatic heterocycles. The summed E-state index contributed by atoms with van der Waals surface area (Å²) in [5.41, 5.74) is 6.08. The van der Waals surface area contributed by atoms with E-state index in [1.165, 1.54) is 0 Å². The molecule has 2 N–H and O–H groups in total. The maximum absolute atomic E-state index is 12.9. The Labute approximate surface area is 123 Å². The van der Waals surface area contributed by atoms with Gasteiger partial charge in [0.2, 0.25) is 5.91 Å². The number of nitrogens with zero attached hydrogens (tertiary/aromatic N) is 2. The average molecular weight is 279 g/mol. The van der Waals surface area contributed by atoms with Gasteiger partial charge in [0, 0.05) is 24.5 Å². The molecule has 0 spiro atoms. The fourth-order valence-corrected chi connectivity index (χ4v) is 3.29. The number of carbonyl (C=O) groups excluding carboxylic acids is 1. The summed E-state index contributed by atoms with van der Waals surface area (Å²) in [5, 5.41) is 8.76. The van der Waals surface area contributed by atoms with Crippen LogP contribution < -0.4 is 5.73 Å². The number of hydrogen-bond acceptors (Lipinski definition) is 3. The predicted molar refractivity (Wildman–Crippen MR) is 80.7 cm³/mol. The van der Waals surface area contributed by atoms with Crippen LogP contribution >= 0.6 is 0 Å². The maximum atomic E-state index is 12.9. The third-order valence-corrected chi connectivity index (χ3v) is 5.17.